The summed E-state index contributed by atoms with van der Waals surface area (Å²) in [4.78, 5) is 32.4. The Balaban J connectivity index is 1.52. The number of aromatic nitrogens is 1. The second-order valence-electron chi connectivity index (χ2n) is 6.93. The number of esters is 1. The highest BCUT2D eigenvalue weighted by Crippen LogP contribution is 2.25. The molecule has 1 aromatic heterocycles. The molecular weight excluding hydrogens is 422 g/mol. The molecule has 0 saturated carbocycles. The van der Waals surface area contributed by atoms with Crippen LogP contribution in [0.4, 0.5) is 5.69 Å². The number of hydrogen-bond donors (Lipinski definition) is 0. The van der Waals surface area contributed by atoms with Gasteiger partial charge in [-0.2, -0.15) is 0 Å². The van der Waals surface area contributed by atoms with Gasteiger partial charge in [0.2, 0.25) is 0 Å². The fraction of sp³-hybridized carbons (Fsp3) is 0.227. The van der Waals surface area contributed by atoms with Gasteiger partial charge >= 0.3 is 5.97 Å². The van der Waals surface area contributed by atoms with Gasteiger partial charge in [0.05, 0.1) is 0 Å². The van der Waals surface area contributed by atoms with Crippen molar-refractivity contribution in [3.05, 3.63) is 70.2 Å². The van der Waals surface area contributed by atoms with Crippen molar-refractivity contribution in [3.8, 4) is 10.6 Å². The molecule has 0 N–H and O–H groups in total. The Kier molecular flexibility index (Phi) is 7.07. The maximum absolute atomic E-state index is 12.3. The summed E-state index contributed by atoms with van der Waals surface area (Å²) in [7, 11) is 5.62. The van der Waals surface area contributed by atoms with Gasteiger partial charge in [-0.25, -0.2) is 9.78 Å². The molecule has 0 saturated heterocycles. The maximum Gasteiger partial charge on any atom is 0.358 e. The van der Waals surface area contributed by atoms with E-state index in [0.717, 1.165) is 16.8 Å². The standard InChI is InChI=1S/C22H22ClN3O3S/c1-25(2)18-10-4-15(5-11-18)12-26(3)20(27)13-29-22(28)19-14-30-21(24-19)16-6-8-17(23)9-7-16/h4-11,14H,12-13H2,1-3H3. The molecule has 3 aromatic rings. The molecule has 0 spiro atoms. The van der Waals surface area contributed by atoms with E-state index in [1.165, 1.54) is 16.2 Å². The number of anilines is 1. The Hall–Kier alpha value is -2.90. The SMILES string of the molecule is CN(Cc1ccc(N(C)C)cc1)C(=O)COC(=O)c1csc(-c2ccc(Cl)cc2)n1. The first-order chi connectivity index (χ1) is 14.3. The van der Waals surface area contributed by atoms with Crippen molar-refractivity contribution < 1.29 is 14.3 Å². The van der Waals surface area contributed by atoms with Crippen LogP contribution in [0.2, 0.25) is 5.02 Å². The van der Waals surface area contributed by atoms with Gasteiger partial charge in [0.15, 0.2) is 12.3 Å². The van der Waals surface area contributed by atoms with Crippen LogP contribution in [-0.2, 0) is 16.1 Å². The van der Waals surface area contributed by atoms with Gasteiger partial charge in [0.1, 0.15) is 5.01 Å². The van der Waals surface area contributed by atoms with Crippen molar-refractivity contribution in [1.82, 2.24) is 9.88 Å². The van der Waals surface area contributed by atoms with Gasteiger partial charge in [0, 0.05) is 49.3 Å². The normalized spacial score (nSPS) is 10.5. The third-order valence-corrected chi connectivity index (χ3v) is 5.57. The number of rotatable bonds is 7. The molecule has 0 aliphatic heterocycles. The predicted molar refractivity (Wildman–Crippen MR) is 120 cm³/mol. The van der Waals surface area contributed by atoms with Crippen LogP contribution < -0.4 is 4.90 Å². The highest BCUT2D eigenvalue weighted by Gasteiger charge is 2.17. The molecule has 0 atom stereocenters. The highest BCUT2D eigenvalue weighted by molar-refractivity contribution is 7.13. The van der Waals surface area contributed by atoms with E-state index >= 15 is 0 Å². The molecule has 1 amide bonds. The number of benzene rings is 2. The van der Waals surface area contributed by atoms with Gasteiger partial charge in [-0.05, 0) is 29.8 Å². The Morgan fingerprint density at radius 2 is 1.70 bits per heavy atom. The summed E-state index contributed by atoms with van der Waals surface area (Å²) in [6.45, 7) is 0.0976. The van der Waals surface area contributed by atoms with Crippen molar-refractivity contribution in [3.63, 3.8) is 0 Å². The average molecular weight is 444 g/mol. The summed E-state index contributed by atoms with van der Waals surface area (Å²) in [6.07, 6.45) is 0. The molecule has 0 aliphatic carbocycles. The predicted octanol–water partition coefficient (Wildman–Crippen LogP) is 4.34. The van der Waals surface area contributed by atoms with E-state index < -0.39 is 5.97 Å². The number of halogens is 1. The monoisotopic (exact) mass is 443 g/mol. The molecule has 0 fully saturated rings. The lowest BCUT2D eigenvalue weighted by Gasteiger charge is -2.18. The van der Waals surface area contributed by atoms with Crippen LogP contribution >= 0.6 is 22.9 Å². The fourth-order valence-corrected chi connectivity index (χ4v) is 3.59. The second-order valence-corrected chi connectivity index (χ2v) is 8.23. The van der Waals surface area contributed by atoms with Crippen molar-refractivity contribution in [1.29, 1.82) is 0 Å². The molecule has 0 unspecified atom stereocenters. The van der Waals surface area contributed by atoms with Crippen molar-refractivity contribution in [2.45, 2.75) is 6.54 Å². The second kappa shape index (κ2) is 9.73. The summed E-state index contributed by atoms with van der Waals surface area (Å²) in [6, 6.07) is 15.1. The van der Waals surface area contributed by atoms with E-state index in [-0.39, 0.29) is 18.2 Å². The Bertz CT molecular complexity index is 1020. The number of ether oxygens (including phenoxy) is 1. The van der Waals surface area contributed by atoms with Crippen molar-refractivity contribution >= 4 is 40.5 Å². The van der Waals surface area contributed by atoms with Crippen LogP contribution in [-0.4, -0.2) is 49.5 Å². The lowest BCUT2D eigenvalue weighted by Crippen LogP contribution is -2.30. The summed E-state index contributed by atoms with van der Waals surface area (Å²) < 4.78 is 5.15. The Labute approximate surface area is 184 Å². The zero-order chi connectivity index (χ0) is 21.7. The highest BCUT2D eigenvalue weighted by atomic mass is 35.5. The minimum atomic E-state index is -0.622. The van der Waals surface area contributed by atoms with Crippen LogP contribution in [0, 0.1) is 0 Å². The summed E-state index contributed by atoms with van der Waals surface area (Å²) in [5.74, 6) is -0.906. The van der Waals surface area contributed by atoms with Crippen molar-refractivity contribution in [2.75, 3.05) is 32.6 Å². The Morgan fingerprint density at radius 1 is 1.03 bits per heavy atom. The van der Waals surface area contributed by atoms with E-state index in [9.17, 15) is 9.59 Å². The van der Waals surface area contributed by atoms with Crippen LogP contribution in [0.1, 0.15) is 16.1 Å². The Morgan fingerprint density at radius 3 is 2.33 bits per heavy atom. The summed E-state index contributed by atoms with van der Waals surface area (Å²) in [5.41, 5.74) is 3.12. The van der Waals surface area contributed by atoms with Crippen LogP contribution in [0.5, 0.6) is 0 Å². The van der Waals surface area contributed by atoms with E-state index in [4.69, 9.17) is 16.3 Å². The average Bonchev–Trinajstić information content (AvgIpc) is 3.23. The molecule has 0 aliphatic rings. The molecule has 3 rings (SSSR count). The van der Waals surface area contributed by atoms with Gasteiger partial charge in [-0.1, -0.05) is 35.9 Å². The van der Waals surface area contributed by atoms with E-state index in [1.807, 2.05) is 55.4 Å². The van der Waals surface area contributed by atoms with Gasteiger partial charge in [-0.15, -0.1) is 11.3 Å². The minimum Gasteiger partial charge on any atom is -0.451 e. The molecule has 0 bridgehead atoms. The topological polar surface area (TPSA) is 62.7 Å². The zero-order valence-corrected chi connectivity index (χ0v) is 18.5. The molecular formula is C22H22ClN3O3S. The van der Waals surface area contributed by atoms with Gasteiger partial charge < -0.3 is 14.5 Å². The van der Waals surface area contributed by atoms with Crippen LogP contribution in [0.3, 0.4) is 0 Å². The first-order valence-corrected chi connectivity index (χ1v) is 10.5. The number of hydrogen-bond acceptors (Lipinski definition) is 6. The maximum atomic E-state index is 12.3. The number of carbonyl (C=O) groups is 2. The molecule has 6 nitrogen and oxygen atoms in total. The lowest BCUT2D eigenvalue weighted by molar-refractivity contribution is -0.133. The lowest BCUT2D eigenvalue weighted by atomic mass is 10.2. The zero-order valence-electron chi connectivity index (χ0n) is 17.0. The van der Waals surface area contributed by atoms with E-state index in [2.05, 4.69) is 4.98 Å². The number of amides is 1. The number of likely N-dealkylation sites (N-methyl/N-ethyl adjacent to an activating group) is 1. The summed E-state index contributed by atoms with van der Waals surface area (Å²) >= 11 is 7.22. The van der Waals surface area contributed by atoms with Gasteiger partial charge in [0.25, 0.3) is 5.91 Å². The van der Waals surface area contributed by atoms with E-state index in [0.29, 0.717) is 16.6 Å². The third kappa shape index (κ3) is 5.58. The van der Waals surface area contributed by atoms with Gasteiger partial charge in [-0.3, -0.25) is 4.79 Å². The van der Waals surface area contributed by atoms with E-state index in [1.54, 1.807) is 24.6 Å². The molecule has 1 heterocycles. The molecule has 156 valence electrons. The molecule has 30 heavy (non-hydrogen) atoms. The first kappa shape index (κ1) is 21.8. The number of nitrogens with zero attached hydrogens (tertiary/aromatic N) is 3. The largest absolute Gasteiger partial charge is 0.451 e. The minimum absolute atomic E-state index is 0.180. The smallest absolute Gasteiger partial charge is 0.358 e. The van der Waals surface area contributed by atoms with Crippen molar-refractivity contribution in [2.24, 2.45) is 0 Å². The summed E-state index contributed by atoms with van der Waals surface area (Å²) in [5, 5.41) is 2.93. The van der Waals surface area contributed by atoms with Crippen LogP contribution in [0.25, 0.3) is 10.6 Å². The molecule has 2 aromatic carbocycles. The first-order valence-electron chi connectivity index (χ1n) is 9.22. The number of carbonyl (C=O) groups excluding carboxylic acids is 2. The molecule has 8 heteroatoms. The molecule has 0 radical (unpaired) electrons. The third-order valence-electron chi connectivity index (χ3n) is 4.43. The van der Waals surface area contributed by atoms with Crippen LogP contribution in [0.15, 0.2) is 53.9 Å². The number of thiazole rings is 1. The fourth-order valence-electron chi connectivity index (χ4n) is 2.67. The quantitative estimate of drug-likeness (QED) is 0.508.